The van der Waals surface area contributed by atoms with E-state index in [9.17, 15) is 4.79 Å². The molecule has 0 aliphatic heterocycles. The molecule has 1 aromatic carbocycles. The summed E-state index contributed by atoms with van der Waals surface area (Å²) < 4.78 is 0. The number of benzene rings is 1. The average Bonchev–Trinajstić information content (AvgIpc) is 2.35. The van der Waals surface area contributed by atoms with Crippen molar-refractivity contribution in [3.8, 4) is 0 Å². The van der Waals surface area contributed by atoms with Crippen molar-refractivity contribution in [1.29, 1.82) is 0 Å². The molecule has 0 fully saturated rings. The number of aliphatic imine (C=N–C) groups is 1. The van der Waals surface area contributed by atoms with Gasteiger partial charge in [-0.2, -0.15) is 0 Å². The number of rotatable bonds is 5. The zero-order chi connectivity index (χ0) is 13.4. The molecular weight excluding hydrogens is 224 g/mol. The lowest BCUT2D eigenvalue weighted by atomic mass is 10.0. The summed E-state index contributed by atoms with van der Waals surface area (Å²) in [4.78, 5) is 15.5. The van der Waals surface area contributed by atoms with Gasteiger partial charge in [0.25, 0.3) is 0 Å². The van der Waals surface area contributed by atoms with E-state index in [4.69, 9.17) is 0 Å². The summed E-state index contributed by atoms with van der Waals surface area (Å²) in [6, 6.07) is 7.55. The van der Waals surface area contributed by atoms with Crippen LogP contribution in [-0.2, 0) is 0 Å². The number of unbranched alkanes of at least 4 members (excludes halogenated alkanes) is 2. The molecule has 0 radical (unpaired) electrons. The van der Waals surface area contributed by atoms with Gasteiger partial charge < -0.3 is 5.32 Å². The molecule has 0 aliphatic rings. The van der Waals surface area contributed by atoms with E-state index in [1.54, 1.807) is 6.21 Å². The minimum absolute atomic E-state index is 0.292. The molecule has 1 N–H and O–H groups in total. The van der Waals surface area contributed by atoms with E-state index in [2.05, 4.69) is 31.1 Å². The van der Waals surface area contributed by atoms with Gasteiger partial charge in [-0.25, -0.2) is 9.79 Å². The van der Waals surface area contributed by atoms with Crippen molar-refractivity contribution in [2.24, 2.45) is 4.99 Å². The number of hydrogen-bond acceptors (Lipinski definition) is 1. The number of amides is 2. The lowest BCUT2D eigenvalue weighted by Gasteiger charge is -2.11. The summed E-state index contributed by atoms with van der Waals surface area (Å²) in [5.41, 5.74) is 1.99. The van der Waals surface area contributed by atoms with Crippen molar-refractivity contribution < 1.29 is 4.79 Å². The van der Waals surface area contributed by atoms with Crippen LogP contribution in [0.5, 0.6) is 0 Å². The van der Waals surface area contributed by atoms with Crippen LogP contribution in [0.3, 0.4) is 0 Å². The van der Waals surface area contributed by atoms with Crippen molar-refractivity contribution in [3.63, 3.8) is 0 Å². The summed E-state index contributed by atoms with van der Waals surface area (Å²) in [7, 11) is 0. The van der Waals surface area contributed by atoms with Gasteiger partial charge in [-0.15, -0.1) is 0 Å². The maximum atomic E-state index is 11.6. The third-order valence-electron chi connectivity index (χ3n) is 2.72. The molecule has 0 aromatic heterocycles. The second-order valence-electron chi connectivity index (χ2n) is 4.63. The predicted molar refractivity (Wildman–Crippen MR) is 77.6 cm³/mol. The van der Waals surface area contributed by atoms with Gasteiger partial charge in [0.1, 0.15) is 0 Å². The molecule has 18 heavy (non-hydrogen) atoms. The first-order valence-corrected chi connectivity index (χ1v) is 6.57. The molecule has 0 atom stereocenters. The van der Waals surface area contributed by atoms with Crippen molar-refractivity contribution >= 4 is 17.9 Å². The summed E-state index contributed by atoms with van der Waals surface area (Å²) in [5.74, 6) is 0.380. The van der Waals surface area contributed by atoms with Gasteiger partial charge >= 0.3 is 6.03 Å². The average molecular weight is 246 g/mol. The number of urea groups is 1. The Bertz CT molecular complexity index is 411. The minimum Gasteiger partial charge on any atom is -0.306 e. The first-order chi connectivity index (χ1) is 8.65. The van der Waals surface area contributed by atoms with Gasteiger partial charge in [-0.05, 0) is 30.4 Å². The maximum Gasteiger partial charge on any atom is 0.345 e. The third kappa shape index (κ3) is 4.70. The first kappa shape index (κ1) is 14.4. The van der Waals surface area contributed by atoms with Crippen LogP contribution in [0, 0.1) is 0 Å². The number of hydrogen-bond donors (Lipinski definition) is 1. The Labute approximate surface area is 109 Å². The zero-order valence-corrected chi connectivity index (χ0v) is 11.4. The van der Waals surface area contributed by atoms with Gasteiger partial charge in [0.15, 0.2) is 0 Å². The van der Waals surface area contributed by atoms with E-state index >= 15 is 0 Å². The summed E-state index contributed by atoms with van der Waals surface area (Å²) in [5, 5.41) is 2.83. The number of carbonyl (C=O) groups excluding carboxylic acids is 1. The lowest BCUT2D eigenvalue weighted by Crippen LogP contribution is -2.09. The van der Waals surface area contributed by atoms with Crippen LogP contribution in [0.25, 0.3) is 0 Å². The third-order valence-corrected chi connectivity index (χ3v) is 2.72. The van der Waals surface area contributed by atoms with Gasteiger partial charge in [-0.1, -0.05) is 45.4 Å². The zero-order valence-electron chi connectivity index (χ0n) is 11.4. The Kier molecular flexibility index (Phi) is 6.12. The summed E-state index contributed by atoms with van der Waals surface area (Å²) in [6.45, 7) is 6.33. The number of nitrogens with one attached hydrogen (secondary N) is 1. The van der Waals surface area contributed by atoms with Gasteiger partial charge in [0.2, 0.25) is 0 Å². The standard InChI is InChI=1S/C15H22N2O/c1-4-5-8-11-16-15(18)17-14-10-7-6-9-13(14)12(2)3/h6-7,9-12H,4-5,8H2,1-3H3,(H,17,18). The van der Waals surface area contributed by atoms with Crippen LogP contribution in [0.4, 0.5) is 10.5 Å². The molecule has 0 aliphatic carbocycles. The Morgan fingerprint density at radius 1 is 1.39 bits per heavy atom. The number of para-hydroxylation sites is 1. The molecule has 0 spiro atoms. The molecule has 3 heteroatoms. The van der Waals surface area contributed by atoms with Crippen molar-refractivity contribution in [2.75, 3.05) is 5.32 Å². The fourth-order valence-electron chi connectivity index (χ4n) is 1.70. The highest BCUT2D eigenvalue weighted by Gasteiger charge is 2.07. The van der Waals surface area contributed by atoms with Crippen molar-refractivity contribution in [2.45, 2.75) is 46.0 Å². The molecule has 0 bridgehead atoms. The van der Waals surface area contributed by atoms with E-state index in [0.29, 0.717) is 5.92 Å². The predicted octanol–water partition coefficient (Wildman–Crippen LogP) is 4.60. The Morgan fingerprint density at radius 3 is 2.78 bits per heavy atom. The highest BCUT2D eigenvalue weighted by molar-refractivity contribution is 5.95. The molecule has 1 aromatic rings. The van der Waals surface area contributed by atoms with Crippen molar-refractivity contribution in [3.05, 3.63) is 29.8 Å². The first-order valence-electron chi connectivity index (χ1n) is 6.57. The van der Waals surface area contributed by atoms with E-state index in [0.717, 1.165) is 30.5 Å². The highest BCUT2D eigenvalue weighted by atomic mass is 16.2. The minimum atomic E-state index is -0.292. The fraction of sp³-hybridized carbons (Fsp3) is 0.467. The molecule has 0 saturated heterocycles. The molecule has 3 nitrogen and oxygen atoms in total. The monoisotopic (exact) mass is 246 g/mol. The SMILES string of the molecule is CCCCC=NC(=O)Nc1ccccc1C(C)C. The number of nitrogens with zero attached hydrogens (tertiary/aromatic N) is 1. The van der Waals surface area contributed by atoms with Crippen LogP contribution in [0.2, 0.25) is 0 Å². The van der Waals surface area contributed by atoms with Crippen LogP contribution in [0.15, 0.2) is 29.3 Å². The van der Waals surface area contributed by atoms with E-state index in [1.165, 1.54) is 0 Å². The van der Waals surface area contributed by atoms with Crippen molar-refractivity contribution in [1.82, 2.24) is 0 Å². The van der Waals surface area contributed by atoms with E-state index in [1.807, 2.05) is 24.3 Å². The second-order valence-corrected chi connectivity index (χ2v) is 4.63. The van der Waals surface area contributed by atoms with Crippen LogP contribution >= 0.6 is 0 Å². The number of anilines is 1. The van der Waals surface area contributed by atoms with E-state index < -0.39 is 0 Å². The fourth-order valence-corrected chi connectivity index (χ4v) is 1.70. The van der Waals surface area contributed by atoms with E-state index in [-0.39, 0.29) is 6.03 Å². The maximum absolute atomic E-state index is 11.6. The van der Waals surface area contributed by atoms with Gasteiger partial charge in [0, 0.05) is 11.9 Å². The molecule has 2 amide bonds. The summed E-state index contributed by atoms with van der Waals surface area (Å²) >= 11 is 0. The lowest BCUT2D eigenvalue weighted by molar-refractivity contribution is 0.259. The smallest absolute Gasteiger partial charge is 0.306 e. The van der Waals surface area contributed by atoms with Gasteiger partial charge in [-0.3, -0.25) is 0 Å². The highest BCUT2D eigenvalue weighted by Crippen LogP contribution is 2.23. The topological polar surface area (TPSA) is 41.5 Å². The second kappa shape index (κ2) is 7.64. The Morgan fingerprint density at radius 2 is 2.11 bits per heavy atom. The molecule has 98 valence electrons. The van der Waals surface area contributed by atoms with Crippen LogP contribution < -0.4 is 5.32 Å². The number of carbonyl (C=O) groups is 1. The largest absolute Gasteiger partial charge is 0.345 e. The quantitative estimate of drug-likeness (QED) is 0.598. The summed E-state index contributed by atoms with van der Waals surface area (Å²) in [6.07, 6.45) is 4.73. The Balaban J connectivity index is 2.62. The normalized spacial score (nSPS) is 11.1. The molecule has 0 heterocycles. The molecule has 1 rings (SSSR count). The van der Waals surface area contributed by atoms with Crippen LogP contribution in [-0.4, -0.2) is 12.2 Å². The van der Waals surface area contributed by atoms with Crippen LogP contribution in [0.1, 0.15) is 51.5 Å². The molecule has 0 saturated carbocycles. The van der Waals surface area contributed by atoms with Gasteiger partial charge in [0.05, 0.1) is 0 Å². The molecular formula is C15H22N2O. The Hall–Kier alpha value is -1.64. The molecule has 0 unspecified atom stereocenters.